The first kappa shape index (κ1) is 12.6. The Morgan fingerprint density at radius 2 is 1.89 bits per heavy atom. The van der Waals surface area contributed by atoms with Gasteiger partial charge in [-0.25, -0.2) is 4.98 Å². The number of anilines is 1. The van der Waals surface area contributed by atoms with Crippen LogP contribution < -0.4 is 11.1 Å². The van der Waals surface area contributed by atoms with Crippen LogP contribution in [0.1, 0.15) is 29.8 Å². The summed E-state index contributed by atoms with van der Waals surface area (Å²) in [6.07, 6.45) is 0. The third-order valence-electron chi connectivity index (χ3n) is 2.93. The highest BCUT2D eigenvalue weighted by atomic mass is 15.0. The number of aromatic nitrogens is 1. The molecule has 3 heteroatoms. The van der Waals surface area contributed by atoms with Crippen molar-refractivity contribution in [1.29, 1.82) is 0 Å². The van der Waals surface area contributed by atoms with Gasteiger partial charge in [-0.05, 0) is 31.0 Å². The number of hydrogen-bond acceptors (Lipinski definition) is 3. The summed E-state index contributed by atoms with van der Waals surface area (Å²) in [7, 11) is 0. The lowest BCUT2D eigenvalue weighted by Crippen LogP contribution is -2.09. The van der Waals surface area contributed by atoms with E-state index in [2.05, 4.69) is 22.4 Å². The van der Waals surface area contributed by atoms with Gasteiger partial charge in [-0.1, -0.05) is 36.4 Å². The van der Waals surface area contributed by atoms with Crippen molar-refractivity contribution in [2.45, 2.75) is 26.4 Å². The van der Waals surface area contributed by atoms with E-state index in [1.165, 1.54) is 5.56 Å². The lowest BCUT2D eigenvalue weighted by molar-refractivity contribution is 0.799. The molecule has 3 N–H and O–H groups in total. The molecule has 1 aromatic carbocycles. The second-order valence-corrected chi connectivity index (χ2v) is 4.50. The minimum absolute atomic E-state index is 0.0284. The highest BCUT2D eigenvalue weighted by molar-refractivity contribution is 5.40. The van der Waals surface area contributed by atoms with Gasteiger partial charge in [0.05, 0.1) is 0 Å². The summed E-state index contributed by atoms with van der Waals surface area (Å²) in [5.41, 5.74) is 9.20. The number of benzene rings is 1. The molecule has 1 atom stereocenters. The minimum Gasteiger partial charge on any atom is -0.366 e. The fourth-order valence-electron chi connectivity index (χ4n) is 1.94. The quantitative estimate of drug-likeness (QED) is 0.865. The van der Waals surface area contributed by atoms with Crippen molar-refractivity contribution in [1.82, 2.24) is 4.98 Å². The topological polar surface area (TPSA) is 50.9 Å². The second-order valence-electron chi connectivity index (χ2n) is 4.50. The largest absolute Gasteiger partial charge is 0.366 e. The van der Waals surface area contributed by atoms with Crippen molar-refractivity contribution in [3.05, 3.63) is 59.3 Å². The van der Waals surface area contributed by atoms with Crippen LogP contribution in [0, 0.1) is 6.92 Å². The summed E-state index contributed by atoms with van der Waals surface area (Å²) in [4.78, 5) is 4.52. The van der Waals surface area contributed by atoms with Gasteiger partial charge in [-0.2, -0.15) is 0 Å². The molecule has 0 saturated carbocycles. The van der Waals surface area contributed by atoms with E-state index in [-0.39, 0.29) is 6.04 Å². The monoisotopic (exact) mass is 241 g/mol. The highest BCUT2D eigenvalue weighted by Crippen LogP contribution is 2.16. The highest BCUT2D eigenvalue weighted by Gasteiger charge is 2.05. The molecule has 3 nitrogen and oxygen atoms in total. The van der Waals surface area contributed by atoms with Crippen LogP contribution in [0.5, 0.6) is 0 Å². The Hall–Kier alpha value is -1.87. The fraction of sp³-hybridized carbons (Fsp3) is 0.267. The summed E-state index contributed by atoms with van der Waals surface area (Å²) in [5, 5.41) is 3.32. The van der Waals surface area contributed by atoms with E-state index in [1.807, 2.05) is 44.2 Å². The summed E-state index contributed by atoms with van der Waals surface area (Å²) in [6.45, 7) is 4.75. The van der Waals surface area contributed by atoms with E-state index < -0.39 is 0 Å². The maximum Gasteiger partial charge on any atom is 0.126 e. The van der Waals surface area contributed by atoms with Crippen LogP contribution in [0.2, 0.25) is 0 Å². The fourth-order valence-corrected chi connectivity index (χ4v) is 1.94. The number of hydrogen-bond donors (Lipinski definition) is 2. The molecule has 0 radical (unpaired) electrons. The SMILES string of the molecule is Cc1nc(NCc2ccccc2)ccc1[C@H](C)N. The van der Waals surface area contributed by atoms with Crippen molar-refractivity contribution in [2.75, 3.05) is 5.32 Å². The molecule has 0 fully saturated rings. The molecule has 0 aliphatic rings. The van der Waals surface area contributed by atoms with Gasteiger partial charge in [0.2, 0.25) is 0 Å². The first-order chi connectivity index (χ1) is 8.66. The van der Waals surface area contributed by atoms with E-state index >= 15 is 0 Å². The summed E-state index contributed by atoms with van der Waals surface area (Å²) < 4.78 is 0. The van der Waals surface area contributed by atoms with E-state index in [9.17, 15) is 0 Å². The predicted octanol–water partition coefficient (Wildman–Crippen LogP) is 3.02. The number of rotatable bonds is 4. The standard InChI is InChI=1S/C15H19N3/c1-11(16)14-8-9-15(18-12(14)2)17-10-13-6-4-3-5-7-13/h3-9,11H,10,16H2,1-2H3,(H,17,18)/t11-/m0/s1. The van der Waals surface area contributed by atoms with Crippen molar-refractivity contribution in [3.63, 3.8) is 0 Å². The summed E-state index contributed by atoms with van der Waals surface area (Å²) in [6, 6.07) is 14.3. The molecule has 2 aromatic rings. The van der Waals surface area contributed by atoms with Gasteiger partial charge in [0.25, 0.3) is 0 Å². The van der Waals surface area contributed by atoms with Crippen LogP contribution in [0.25, 0.3) is 0 Å². The number of pyridine rings is 1. The van der Waals surface area contributed by atoms with Crippen LogP contribution in [0.3, 0.4) is 0 Å². The number of aryl methyl sites for hydroxylation is 1. The molecule has 1 aromatic heterocycles. The first-order valence-electron chi connectivity index (χ1n) is 6.18. The third kappa shape index (κ3) is 3.08. The summed E-state index contributed by atoms with van der Waals surface area (Å²) in [5.74, 6) is 0.890. The molecule has 94 valence electrons. The van der Waals surface area contributed by atoms with Crippen LogP contribution >= 0.6 is 0 Å². The van der Waals surface area contributed by atoms with E-state index in [4.69, 9.17) is 5.73 Å². The lowest BCUT2D eigenvalue weighted by atomic mass is 10.1. The average molecular weight is 241 g/mol. The third-order valence-corrected chi connectivity index (χ3v) is 2.93. The zero-order valence-electron chi connectivity index (χ0n) is 10.9. The molecule has 0 aliphatic carbocycles. The maximum absolute atomic E-state index is 5.87. The van der Waals surface area contributed by atoms with Crippen molar-refractivity contribution >= 4 is 5.82 Å². The number of nitrogens with zero attached hydrogens (tertiary/aromatic N) is 1. The molecular weight excluding hydrogens is 222 g/mol. The smallest absolute Gasteiger partial charge is 0.126 e. The van der Waals surface area contributed by atoms with Crippen molar-refractivity contribution in [3.8, 4) is 0 Å². The Kier molecular flexibility index (Phi) is 3.95. The Morgan fingerprint density at radius 1 is 1.17 bits per heavy atom. The van der Waals surface area contributed by atoms with Gasteiger partial charge in [-0.3, -0.25) is 0 Å². The van der Waals surface area contributed by atoms with Gasteiger partial charge in [0.15, 0.2) is 0 Å². The molecule has 0 aliphatic heterocycles. The van der Waals surface area contributed by atoms with E-state index in [0.717, 1.165) is 23.6 Å². The Labute approximate surface area is 108 Å². The summed E-state index contributed by atoms with van der Waals surface area (Å²) >= 11 is 0. The number of nitrogens with one attached hydrogen (secondary N) is 1. The number of nitrogens with two attached hydrogens (primary N) is 1. The molecule has 2 rings (SSSR count). The van der Waals surface area contributed by atoms with Gasteiger partial charge in [0, 0.05) is 18.3 Å². The Balaban J connectivity index is 2.05. The van der Waals surface area contributed by atoms with Crippen molar-refractivity contribution in [2.24, 2.45) is 5.73 Å². The van der Waals surface area contributed by atoms with Crippen molar-refractivity contribution < 1.29 is 0 Å². The molecule has 1 heterocycles. The Bertz CT molecular complexity index is 506. The normalized spacial score (nSPS) is 12.2. The van der Waals surface area contributed by atoms with E-state index in [1.54, 1.807) is 0 Å². The minimum atomic E-state index is 0.0284. The predicted molar refractivity (Wildman–Crippen MR) is 75.3 cm³/mol. The van der Waals surface area contributed by atoms with Crippen LogP contribution in [-0.2, 0) is 6.54 Å². The molecule has 0 amide bonds. The van der Waals surface area contributed by atoms with Gasteiger partial charge >= 0.3 is 0 Å². The molecule has 0 saturated heterocycles. The lowest BCUT2D eigenvalue weighted by Gasteiger charge is -2.11. The first-order valence-corrected chi connectivity index (χ1v) is 6.18. The van der Waals surface area contributed by atoms with Gasteiger partial charge in [0.1, 0.15) is 5.82 Å². The van der Waals surface area contributed by atoms with Crippen LogP contribution in [0.15, 0.2) is 42.5 Å². The zero-order valence-corrected chi connectivity index (χ0v) is 10.9. The maximum atomic E-state index is 5.87. The van der Waals surface area contributed by atoms with Gasteiger partial charge in [-0.15, -0.1) is 0 Å². The van der Waals surface area contributed by atoms with Gasteiger partial charge < -0.3 is 11.1 Å². The van der Waals surface area contributed by atoms with E-state index in [0.29, 0.717) is 0 Å². The molecular formula is C15H19N3. The molecule has 18 heavy (non-hydrogen) atoms. The molecule has 0 bridgehead atoms. The Morgan fingerprint density at radius 3 is 2.50 bits per heavy atom. The van der Waals surface area contributed by atoms with Crippen LogP contribution in [-0.4, -0.2) is 4.98 Å². The van der Waals surface area contributed by atoms with Crippen LogP contribution in [0.4, 0.5) is 5.82 Å². The zero-order chi connectivity index (χ0) is 13.0. The average Bonchev–Trinajstić information content (AvgIpc) is 2.37. The molecule has 0 unspecified atom stereocenters. The molecule has 0 spiro atoms. The second kappa shape index (κ2) is 5.65.